The molecule has 0 bridgehead atoms. The summed E-state index contributed by atoms with van der Waals surface area (Å²) in [7, 11) is 0. The Balaban J connectivity index is 1.45. The molecule has 11 nitrogen and oxygen atoms in total. The summed E-state index contributed by atoms with van der Waals surface area (Å²) in [5, 5.41) is 24.4. The highest BCUT2D eigenvalue weighted by molar-refractivity contribution is 5.58. The smallest absolute Gasteiger partial charge is 0.270 e. The van der Waals surface area contributed by atoms with Crippen molar-refractivity contribution in [1.29, 1.82) is 0 Å². The molecule has 1 aromatic carbocycles. The molecule has 0 saturated carbocycles. The van der Waals surface area contributed by atoms with Crippen molar-refractivity contribution in [2.45, 2.75) is 32.2 Å². The topological polar surface area (TPSA) is 147 Å². The van der Waals surface area contributed by atoms with Crippen LogP contribution >= 0.6 is 0 Å². The summed E-state index contributed by atoms with van der Waals surface area (Å²) in [6, 6.07) is 9.43. The Bertz CT molecular complexity index is 1230. The van der Waals surface area contributed by atoms with Crippen LogP contribution in [0.15, 0.2) is 51.7 Å². The summed E-state index contributed by atoms with van der Waals surface area (Å²) < 4.78 is 11.2. The highest BCUT2D eigenvalue weighted by Gasteiger charge is 2.34. The average Bonchev–Trinajstić information content (AvgIpc) is 3.53. The number of rotatable bonds is 6. The first-order chi connectivity index (χ1) is 15.1. The number of nitro groups is 1. The van der Waals surface area contributed by atoms with E-state index in [1.54, 1.807) is 24.5 Å². The van der Waals surface area contributed by atoms with E-state index in [1.165, 1.54) is 12.1 Å². The van der Waals surface area contributed by atoms with Gasteiger partial charge in [-0.2, -0.15) is 4.98 Å². The number of aromatic nitrogens is 4. The van der Waals surface area contributed by atoms with E-state index in [0.29, 0.717) is 42.5 Å². The monoisotopic (exact) mass is 422 g/mol. The zero-order valence-corrected chi connectivity index (χ0v) is 16.3. The zero-order chi connectivity index (χ0) is 21.4. The molecule has 158 valence electrons. The second-order valence-electron chi connectivity index (χ2n) is 7.24. The third-order valence-corrected chi connectivity index (χ3v) is 5.27. The van der Waals surface area contributed by atoms with E-state index in [-0.39, 0.29) is 24.2 Å². The molecule has 4 heterocycles. The molecule has 0 saturated heterocycles. The van der Waals surface area contributed by atoms with Crippen molar-refractivity contribution >= 4 is 5.69 Å². The lowest BCUT2D eigenvalue weighted by Gasteiger charge is -2.31. The number of aromatic amines is 1. The number of furan rings is 1. The molecule has 0 aliphatic carbocycles. The van der Waals surface area contributed by atoms with Crippen LogP contribution in [0.4, 0.5) is 5.69 Å². The highest BCUT2D eigenvalue weighted by atomic mass is 16.6. The van der Waals surface area contributed by atoms with Crippen molar-refractivity contribution in [2.24, 2.45) is 0 Å². The maximum atomic E-state index is 11.1. The Morgan fingerprint density at radius 2 is 2.16 bits per heavy atom. The van der Waals surface area contributed by atoms with E-state index < -0.39 is 4.92 Å². The predicted molar refractivity (Wildman–Crippen MR) is 105 cm³/mol. The number of nitrogens with one attached hydrogen (secondary N) is 1. The molecule has 1 aliphatic rings. The third kappa shape index (κ3) is 3.71. The number of H-pyrrole nitrogens is 1. The molecule has 2 N–H and O–H groups in total. The first kappa shape index (κ1) is 19.2. The standard InChI is InChI=1S/C20H18N6O5/c27-10-15-5-4-14(30-15)8-25-9-17-16(21-11-22-17)7-18(25)20-23-19(24-31-20)12-2-1-3-13(6-12)26(28)29/h1-6,11,18,27H,7-10H2,(H,21,22)/t18-/m0/s1. The van der Waals surface area contributed by atoms with Crippen molar-refractivity contribution in [3.8, 4) is 11.4 Å². The van der Waals surface area contributed by atoms with Gasteiger partial charge in [-0.3, -0.25) is 15.0 Å². The van der Waals surface area contributed by atoms with Crippen LogP contribution in [-0.4, -0.2) is 35.0 Å². The fraction of sp³-hybridized carbons (Fsp3) is 0.250. The summed E-state index contributed by atoms with van der Waals surface area (Å²) in [5.74, 6) is 1.88. The lowest BCUT2D eigenvalue weighted by molar-refractivity contribution is -0.384. The molecule has 1 aliphatic heterocycles. The lowest BCUT2D eigenvalue weighted by Crippen LogP contribution is -2.34. The molecule has 11 heteroatoms. The van der Waals surface area contributed by atoms with Gasteiger partial charge in [-0.1, -0.05) is 17.3 Å². The van der Waals surface area contributed by atoms with Crippen molar-refractivity contribution < 1.29 is 19.0 Å². The Labute approximate surface area is 175 Å². The molecule has 0 unspecified atom stereocenters. The molecule has 0 fully saturated rings. The largest absolute Gasteiger partial charge is 0.462 e. The summed E-state index contributed by atoms with van der Waals surface area (Å²) in [5.41, 5.74) is 2.39. The van der Waals surface area contributed by atoms with Gasteiger partial charge in [0.25, 0.3) is 5.69 Å². The summed E-state index contributed by atoms with van der Waals surface area (Å²) in [6.45, 7) is 0.881. The first-order valence-corrected chi connectivity index (χ1v) is 9.63. The van der Waals surface area contributed by atoms with Gasteiger partial charge >= 0.3 is 0 Å². The maximum absolute atomic E-state index is 11.1. The number of nitro benzene ring substituents is 1. The van der Waals surface area contributed by atoms with E-state index in [1.807, 2.05) is 6.07 Å². The van der Waals surface area contributed by atoms with Crippen LogP contribution in [0.1, 0.15) is 34.8 Å². The minimum absolute atomic E-state index is 0.0400. The second kappa shape index (κ2) is 7.78. The Hall–Kier alpha value is -3.83. The van der Waals surface area contributed by atoms with E-state index in [9.17, 15) is 15.2 Å². The number of hydrogen-bond acceptors (Lipinski definition) is 9. The van der Waals surface area contributed by atoms with Gasteiger partial charge in [0.1, 0.15) is 18.1 Å². The van der Waals surface area contributed by atoms with Gasteiger partial charge in [-0.05, 0) is 12.1 Å². The van der Waals surface area contributed by atoms with Crippen LogP contribution in [0.2, 0.25) is 0 Å². The van der Waals surface area contributed by atoms with Crippen molar-refractivity contribution in [2.75, 3.05) is 0 Å². The van der Waals surface area contributed by atoms with Crippen LogP contribution in [-0.2, 0) is 26.1 Å². The Kier molecular flexibility index (Phi) is 4.81. The maximum Gasteiger partial charge on any atom is 0.270 e. The van der Waals surface area contributed by atoms with Crippen molar-refractivity contribution in [3.05, 3.63) is 81.6 Å². The number of aliphatic hydroxyl groups excluding tert-OH is 1. The minimum atomic E-state index is -0.462. The van der Waals surface area contributed by atoms with E-state index in [4.69, 9.17) is 8.94 Å². The number of imidazole rings is 1. The summed E-state index contributed by atoms with van der Waals surface area (Å²) in [6.07, 6.45) is 2.22. The third-order valence-electron chi connectivity index (χ3n) is 5.27. The Morgan fingerprint density at radius 3 is 2.97 bits per heavy atom. The first-order valence-electron chi connectivity index (χ1n) is 9.63. The normalized spacial score (nSPS) is 16.4. The quantitative estimate of drug-likeness (QED) is 0.353. The van der Waals surface area contributed by atoms with Gasteiger partial charge < -0.3 is 19.0 Å². The van der Waals surface area contributed by atoms with Crippen LogP contribution in [0.25, 0.3) is 11.4 Å². The molecule has 31 heavy (non-hydrogen) atoms. The second-order valence-corrected chi connectivity index (χ2v) is 7.24. The molecule has 3 aromatic heterocycles. The van der Waals surface area contributed by atoms with Crippen molar-refractivity contribution in [3.63, 3.8) is 0 Å². The van der Waals surface area contributed by atoms with Crippen LogP contribution in [0, 0.1) is 10.1 Å². The summed E-state index contributed by atoms with van der Waals surface area (Å²) >= 11 is 0. The van der Waals surface area contributed by atoms with Crippen molar-refractivity contribution in [1.82, 2.24) is 25.0 Å². The van der Waals surface area contributed by atoms with Gasteiger partial charge in [0, 0.05) is 30.7 Å². The number of hydrogen-bond donors (Lipinski definition) is 2. The van der Waals surface area contributed by atoms with E-state index in [0.717, 1.165) is 11.4 Å². The highest BCUT2D eigenvalue weighted by Crippen LogP contribution is 2.33. The van der Waals surface area contributed by atoms with Crippen LogP contribution in [0.3, 0.4) is 0 Å². The number of non-ortho nitro benzene ring substituents is 1. The lowest BCUT2D eigenvalue weighted by atomic mass is 10.0. The van der Waals surface area contributed by atoms with Gasteiger partial charge in [-0.15, -0.1) is 0 Å². The molecule has 0 spiro atoms. The molecular formula is C20H18N6O5. The summed E-state index contributed by atoms with van der Waals surface area (Å²) in [4.78, 5) is 24.8. The van der Waals surface area contributed by atoms with Gasteiger partial charge in [0.05, 0.1) is 35.2 Å². The average molecular weight is 422 g/mol. The fourth-order valence-electron chi connectivity index (χ4n) is 3.74. The molecule has 0 radical (unpaired) electrons. The molecule has 1 atom stereocenters. The number of nitrogens with zero attached hydrogens (tertiary/aromatic N) is 5. The van der Waals surface area contributed by atoms with E-state index in [2.05, 4.69) is 25.0 Å². The predicted octanol–water partition coefficient (Wildman–Crippen LogP) is 2.75. The molecule has 0 amide bonds. The number of aliphatic hydroxyl groups is 1. The minimum Gasteiger partial charge on any atom is -0.462 e. The van der Waals surface area contributed by atoms with Crippen LogP contribution < -0.4 is 0 Å². The molecule has 4 aromatic rings. The van der Waals surface area contributed by atoms with Gasteiger partial charge in [-0.25, -0.2) is 4.98 Å². The number of benzene rings is 1. The molecular weight excluding hydrogens is 404 g/mol. The number of fused-ring (bicyclic) bond motifs is 1. The Morgan fingerprint density at radius 1 is 1.29 bits per heavy atom. The van der Waals surface area contributed by atoms with E-state index >= 15 is 0 Å². The van der Waals surface area contributed by atoms with Gasteiger partial charge in [0.15, 0.2) is 0 Å². The molecule has 5 rings (SSSR count). The fourth-order valence-corrected chi connectivity index (χ4v) is 3.74. The van der Waals surface area contributed by atoms with Crippen LogP contribution in [0.5, 0.6) is 0 Å². The zero-order valence-electron chi connectivity index (χ0n) is 16.3. The van der Waals surface area contributed by atoms with Gasteiger partial charge in [0.2, 0.25) is 11.7 Å². The SMILES string of the molecule is O=[N+]([O-])c1cccc(-c2noc([C@@H]3Cc4nc[nH]c4CN3Cc3ccc(CO)o3)n2)c1.